The molecule has 3 saturated heterocycles. The van der Waals surface area contributed by atoms with Crippen molar-refractivity contribution in [3.63, 3.8) is 0 Å². The molecule has 0 spiro atoms. The maximum absolute atomic E-state index is 13.0. The van der Waals surface area contributed by atoms with Gasteiger partial charge in [0.05, 0.1) is 5.69 Å². The summed E-state index contributed by atoms with van der Waals surface area (Å²) in [5.74, 6) is 0.539. The van der Waals surface area contributed by atoms with Crippen LogP contribution in [-0.2, 0) is 6.54 Å². The van der Waals surface area contributed by atoms with Gasteiger partial charge < -0.3 is 10.2 Å². The van der Waals surface area contributed by atoms with Crippen molar-refractivity contribution >= 4 is 11.7 Å². The summed E-state index contributed by atoms with van der Waals surface area (Å²) in [4.78, 5) is 22.0. The molecule has 142 valence electrons. The van der Waals surface area contributed by atoms with Crippen LogP contribution in [0.5, 0.6) is 0 Å². The number of carbonyl (C=O) groups excluding carboxylic acids is 1. The number of benzene rings is 1. The lowest BCUT2D eigenvalue weighted by molar-refractivity contribution is 0.151. The minimum atomic E-state index is 0.0399. The molecule has 4 heterocycles. The topological polar surface area (TPSA) is 48.5 Å². The third kappa shape index (κ3) is 3.98. The van der Waals surface area contributed by atoms with Crippen LogP contribution in [-0.4, -0.2) is 46.5 Å². The first-order valence-corrected chi connectivity index (χ1v) is 9.86. The number of aromatic nitrogens is 1. The third-order valence-electron chi connectivity index (χ3n) is 6.01. The van der Waals surface area contributed by atoms with E-state index >= 15 is 0 Å². The normalized spacial score (nSPS) is 22.5. The number of fused-ring (bicyclic) bond motifs is 4. The van der Waals surface area contributed by atoms with E-state index in [1.165, 1.54) is 12.0 Å². The van der Waals surface area contributed by atoms with Crippen molar-refractivity contribution < 1.29 is 4.79 Å². The van der Waals surface area contributed by atoms with Crippen LogP contribution in [0.2, 0.25) is 0 Å². The van der Waals surface area contributed by atoms with Gasteiger partial charge >= 0.3 is 6.03 Å². The summed E-state index contributed by atoms with van der Waals surface area (Å²) in [6, 6.07) is 12.5. The second-order valence-electron chi connectivity index (χ2n) is 7.94. The van der Waals surface area contributed by atoms with Gasteiger partial charge in [-0.05, 0) is 61.9 Å². The molecule has 5 rings (SSSR count). The molecule has 0 saturated carbocycles. The third-order valence-corrected chi connectivity index (χ3v) is 6.01. The Bertz CT molecular complexity index is 807. The van der Waals surface area contributed by atoms with E-state index in [-0.39, 0.29) is 12.1 Å². The van der Waals surface area contributed by atoms with E-state index in [0.717, 1.165) is 49.5 Å². The smallest absolute Gasteiger partial charge is 0.320 e. The predicted molar refractivity (Wildman–Crippen MR) is 108 cm³/mol. The number of hydrogen-bond acceptors (Lipinski definition) is 3. The van der Waals surface area contributed by atoms with Gasteiger partial charge in [-0.15, -0.1) is 0 Å². The van der Waals surface area contributed by atoms with Crippen LogP contribution >= 0.6 is 0 Å². The number of nitrogens with zero attached hydrogens (tertiary/aromatic N) is 3. The van der Waals surface area contributed by atoms with Gasteiger partial charge in [0.1, 0.15) is 0 Å². The molecular weight excluding hydrogens is 336 g/mol. The minimum absolute atomic E-state index is 0.0399. The van der Waals surface area contributed by atoms with Gasteiger partial charge in [-0.1, -0.05) is 18.2 Å². The summed E-state index contributed by atoms with van der Waals surface area (Å²) in [5, 5.41) is 3.15. The number of amides is 2. The molecular formula is C22H28N4O. The summed E-state index contributed by atoms with van der Waals surface area (Å²) in [6.07, 6.45) is 4.14. The van der Waals surface area contributed by atoms with Crippen LogP contribution in [0, 0.1) is 19.8 Å². The fourth-order valence-electron chi connectivity index (χ4n) is 4.35. The molecule has 0 aliphatic carbocycles. The number of pyridine rings is 1. The standard InChI is InChI=1S/C22H28N4O/c1-16-6-5-8-21(17(16)2)24-22(27)26-13-18-9-10-20(26)15-25(12-18)14-19-7-3-4-11-23-19/h3-8,11,18,20H,9-10,12-15H2,1-2H3,(H,24,27)/t18-,20+/m1/s1. The zero-order valence-corrected chi connectivity index (χ0v) is 16.2. The Balaban J connectivity index is 1.45. The van der Waals surface area contributed by atoms with Gasteiger partial charge in [-0.25, -0.2) is 4.79 Å². The maximum Gasteiger partial charge on any atom is 0.322 e. The van der Waals surface area contributed by atoms with Crippen molar-refractivity contribution in [3.05, 3.63) is 59.4 Å². The molecule has 1 aromatic heterocycles. The van der Waals surface area contributed by atoms with Gasteiger partial charge in [0.25, 0.3) is 0 Å². The molecule has 3 fully saturated rings. The molecule has 0 unspecified atom stereocenters. The molecule has 1 aromatic carbocycles. The Morgan fingerprint density at radius 1 is 1.11 bits per heavy atom. The molecule has 2 amide bonds. The lowest BCUT2D eigenvalue weighted by atomic mass is 9.95. The largest absolute Gasteiger partial charge is 0.322 e. The zero-order valence-electron chi connectivity index (χ0n) is 16.2. The molecule has 5 nitrogen and oxygen atoms in total. The lowest BCUT2D eigenvalue weighted by Gasteiger charge is -2.36. The van der Waals surface area contributed by atoms with Crippen molar-refractivity contribution in [1.82, 2.24) is 14.8 Å². The van der Waals surface area contributed by atoms with Crippen LogP contribution in [0.1, 0.15) is 29.7 Å². The predicted octanol–water partition coefficient (Wildman–Crippen LogP) is 3.83. The van der Waals surface area contributed by atoms with Crippen LogP contribution < -0.4 is 5.32 Å². The molecule has 5 heteroatoms. The number of hydrogen-bond donors (Lipinski definition) is 1. The second-order valence-corrected chi connectivity index (χ2v) is 7.94. The summed E-state index contributed by atoms with van der Waals surface area (Å²) in [6.45, 7) is 7.82. The Morgan fingerprint density at radius 3 is 2.81 bits per heavy atom. The number of rotatable bonds is 3. The van der Waals surface area contributed by atoms with Crippen molar-refractivity contribution in [2.45, 2.75) is 39.3 Å². The van der Waals surface area contributed by atoms with E-state index in [2.05, 4.69) is 46.1 Å². The maximum atomic E-state index is 13.0. The zero-order chi connectivity index (χ0) is 18.8. The first-order chi connectivity index (χ1) is 13.1. The average Bonchev–Trinajstić information content (AvgIpc) is 2.97. The highest BCUT2D eigenvalue weighted by molar-refractivity contribution is 5.90. The highest BCUT2D eigenvalue weighted by Gasteiger charge is 2.37. The van der Waals surface area contributed by atoms with Gasteiger partial charge in [0.15, 0.2) is 0 Å². The summed E-state index contributed by atoms with van der Waals surface area (Å²) < 4.78 is 0. The van der Waals surface area contributed by atoms with Gasteiger partial charge in [-0.3, -0.25) is 9.88 Å². The number of carbonyl (C=O) groups is 1. The molecule has 3 aliphatic heterocycles. The quantitative estimate of drug-likeness (QED) is 0.900. The number of urea groups is 1. The highest BCUT2D eigenvalue weighted by Crippen LogP contribution is 2.29. The molecule has 27 heavy (non-hydrogen) atoms. The van der Waals surface area contributed by atoms with Crippen LogP contribution in [0.3, 0.4) is 0 Å². The van der Waals surface area contributed by atoms with E-state index in [4.69, 9.17) is 0 Å². The van der Waals surface area contributed by atoms with Crippen molar-refractivity contribution in [1.29, 1.82) is 0 Å². The monoisotopic (exact) mass is 364 g/mol. The Kier molecular flexibility index (Phi) is 5.12. The van der Waals surface area contributed by atoms with Crippen molar-refractivity contribution in [2.24, 2.45) is 5.92 Å². The van der Waals surface area contributed by atoms with E-state index < -0.39 is 0 Å². The summed E-state index contributed by atoms with van der Waals surface area (Å²) >= 11 is 0. The van der Waals surface area contributed by atoms with E-state index in [1.807, 2.05) is 30.5 Å². The first kappa shape index (κ1) is 18.0. The Hall–Kier alpha value is -2.40. The SMILES string of the molecule is Cc1cccc(NC(=O)N2C[C@@H]3CC[C@H]2CN(Cc2ccccn2)C3)c1C. The summed E-state index contributed by atoms with van der Waals surface area (Å²) in [5.41, 5.74) is 4.37. The summed E-state index contributed by atoms with van der Waals surface area (Å²) in [7, 11) is 0. The molecule has 2 bridgehead atoms. The highest BCUT2D eigenvalue weighted by atomic mass is 16.2. The van der Waals surface area contributed by atoms with Crippen LogP contribution in [0.4, 0.5) is 10.5 Å². The van der Waals surface area contributed by atoms with Crippen molar-refractivity contribution in [2.75, 3.05) is 25.0 Å². The van der Waals surface area contributed by atoms with E-state index in [9.17, 15) is 4.79 Å². The van der Waals surface area contributed by atoms with Gasteiger partial charge in [0.2, 0.25) is 0 Å². The number of piperidine rings is 1. The Labute approximate surface area is 161 Å². The average molecular weight is 364 g/mol. The van der Waals surface area contributed by atoms with Crippen LogP contribution in [0.25, 0.3) is 0 Å². The van der Waals surface area contributed by atoms with Gasteiger partial charge in [-0.2, -0.15) is 0 Å². The number of nitrogens with one attached hydrogen (secondary N) is 1. The van der Waals surface area contributed by atoms with Gasteiger partial charge in [0, 0.05) is 44.1 Å². The van der Waals surface area contributed by atoms with E-state index in [1.54, 1.807) is 0 Å². The first-order valence-electron chi connectivity index (χ1n) is 9.86. The van der Waals surface area contributed by atoms with Crippen LogP contribution in [0.15, 0.2) is 42.6 Å². The molecule has 2 aromatic rings. The molecule has 1 N–H and O–H groups in total. The number of anilines is 1. The van der Waals surface area contributed by atoms with Crippen molar-refractivity contribution in [3.8, 4) is 0 Å². The fraction of sp³-hybridized carbons (Fsp3) is 0.455. The number of aryl methyl sites for hydroxylation is 1. The minimum Gasteiger partial charge on any atom is -0.320 e. The molecule has 3 aliphatic rings. The second kappa shape index (κ2) is 7.69. The lowest BCUT2D eigenvalue weighted by Crippen LogP contribution is -2.49. The Morgan fingerprint density at radius 2 is 2.00 bits per heavy atom. The molecule has 0 radical (unpaired) electrons. The van der Waals surface area contributed by atoms with E-state index in [0.29, 0.717) is 5.92 Å². The molecule has 2 atom stereocenters. The fourth-order valence-corrected chi connectivity index (χ4v) is 4.35.